The minimum Gasteiger partial charge on any atom is -0.299 e. The van der Waals surface area contributed by atoms with Crippen molar-refractivity contribution in [3.8, 4) is 0 Å². The van der Waals surface area contributed by atoms with E-state index >= 15 is 0 Å². The van der Waals surface area contributed by atoms with Crippen LogP contribution in [0.25, 0.3) is 0 Å². The zero-order chi connectivity index (χ0) is 8.48. The van der Waals surface area contributed by atoms with Crippen LogP contribution < -0.4 is 0 Å². The molecule has 62 valence electrons. The molecule has 0 aliphatic heterocycles. The second kappa shape index (κ2) is 2.80. The van der Waals surface area contributed by atoms with Gasteiger partial charge in [-0.3, -0.25) is 4.79 Å². The van der Waals surface area contributed by atoms with Crippen LogP contribution in [0, 0.1) is 11.3 Å². The number of aldehydes is 1. The second-order valence-corrected chi connectivity index (χ2v) is 4.32. The molecule has 11 heavy (non-hydrogen) atoms. The molecule has 1 atom stereocenters. The fraction of sp³-hybridized carbons (Fsp3) is 0.700. The van der Waals surface area contributed by atoms with Crippen molar-refractivity contribution in [3.63, 3.8) is 0 Å². The predicted molar refractivity (Wildman–Crippen MR) is 46.3 cm³/mol. The van der Waals surface area contributed by atoms with Crippen LogP contribution in [0.4, 0.5) is 0 Å². The lowest BCUT2D eigenvalue weighted by atomic mass is 9.91. The lowest BCUT2D eigenvalue weighted by Gasteiger charge is -2.14. The minimum absolute atomic E-state index is 0.411. The van der Waals surface area contributed by atoms with Gasteiger partial charge in [-0.15, -0.1) is 0 Å². The summed E-state index contributed by atoms with van der Waals surface area (Å²) in [6, 6.07) is 0. The molecule has 1 aliphatic carbocycles. The predicted octanol–water partition coefficient (Wildman–Crippen LogP) is 2.57. The van der Waals surface area contributed by atoms with Crippen LogP contribution in [0.1, 0.15) is 33.6 Å². The van der Waals surface area contributed by atoms with E-state index in [1.807, 2.05) is 0 Å². The molecule has 0 radical (unpaired) electrons. The topological polar surface area (TPSA) is 17.1 Å². The van der Waals surface area contributed by atoms with Crippen molar-refractivity contribution in [2.24, 2.45) is 11.3 Å². The Morgan fingerprint density at radius 1 is 1.55 bits per heavy atom. The fourth-order valence-corrected chi connectivity index (χ4v) is 2.07. The van der Waals surface area contributed by atoms with Crippen LogP contribution in [0.2, 0.25) is 0 Å². The maximum atomic E-state index is 10.2. The standard InChI is InChI=1S/C10H16O/c1-8-6-10(2,3)7-9(8)4-5-11/h4-5,8H,6-7H2,1-3H3/b9-4-. The number of carbonyl (C=O) groups excluding carboxylic acids is 1. The first-order chi connectivity index (χ1) is 5.05. The van der Waals surface area contributed by atoms with Gasteiger partial charge in [0.05, 0.1) is 0 Å². The van der Waals surface area contributed by atoms with Gasteiger partial charge < -0.3 is 0 Å². The van der Waals surface area contributed by atoms with Crippen LogP contribution in [0.5, 0.6) is 0 Å². The van der Waals surface area contributed by atoms with Crippen molar-refractivity contribution in [3.05, 3.63) is 11.6 Å². The van der Waals surface area contributed by atoms with Gasteiger partial charge >= 0.3 is 0 Å². The minimum atomic E-state index is 0.411. The Kier molecular flexibility index (Phi) is 2.17. The monoisotopic (exact) mass is 152 g/mol. The summed E-state index contributed by atoms with van der Waals surface area (Å²) in [5.41, 5.74) is 1.74. The van der Waals surface area contributed by atoms with Gasteiger partial charge in [0.2, 0.25) is 0 Å². The molecule has 0 aromatic heterocycles. The summed E-state index contributed by atoms with van der Waals surface area (Å²) in [6.45, 7) is 6.72. The van der Waals surface area contributed by atoms with E-state index in [4.69, 9.17) is 0 Å². The van der Waals surface area contributed by atoms with Crippen LogP contribution >= 0.6 is 0 Å². The summed E-state index contributed by atoms with van der Waals surface area (Å²) in [5, 5.41) is 0. The lowest BCUT2D eigenvalue weighted by molar-refractivity contribution is -0.104. The highest BCUT2D eigenvalue weighted by molar-refractivity contribution is 5.66. The summed E-state index contributed by atoms with van der Waals surface area (Å²) in [7, 11) is 0. The molecular weight excluding hydrogens is 136 g/mol. The first kappa shape index (κ1) is 8.51. The van der Waals surface area contributed by atoms with Crippen LogP contribution in [0.15, 0.2) is 11.6 Å². The first-order valence-electron chi connectivity index (χ1n) is 4.19. The molecule has 0 N–H and O–H groups in total. The number of hydrogen-bond donors (Lipinski definition) is 0. The Labute approximate surface area is 68.5 Å². The van der Waals surface area contributed by atoms with E-state index in [-0.39, 0.29) is 0 Å². The highest BCUT2D eigenvalue weighted by atomic mass is 16.1. The molecule has 0 spiro atoms. The fourth-order valence-electron chi connectivity index (χ4n) is 2.07. The number of carbonyl (C=O) groups is 1. The van der Waals surface area contributed by atoms with E-state index < -0.39 is 0 Å². The van der Waals surface area contributed by atoms with E-state index in [1.165, 1.54) is 12.0 Å². The van der Waals surface area contributed by atoms with Crippen molar-refractivity contribution in [2.45, 2.75) is 33.6 Å². The van der Waals surface area contributed by atoms with Gasteiger partial charge in [-0.1, -0.05) is 26.3 Å². The van der Waals surface area contributed by atoms with E-state index in [0.29, 0.717) is 11.3 Å². The zero-order valence-corrected chi connectivity index (χ0v) is 7.55. The molecule has 0 aromatic rings. The van der Waals surface area contributed by atoms with Gasteiger partial charge in [0, 0.05) is 0 Å². The smallest absolute Gasteiger partial charge is 0.142 e. The van der Waals surface area contributed by atoms with Gasteiger partial charge in [-0.2, -0.15) is 0 Å². The summed E-state index contributed by atoms with van der Waals surface area (Å²) in [6.07, 6.45) is 4.95. The van der Waals surface area contributed by atoms with Gasteiger partial charge in [-0.25, -0.2) is 0 Å². The Bertz CT molecular complexity index is 189. The Balaban J connectivity index is 2.74. The molecule has 1 aliphatic rings. The summed E-state index contributed by atoms with van der Waals surface area (Å²) in [5.74, 6) is 0.607. The number of hydrogen-bond acceptors (Lipinski definition) is 1. The van der Waals surface area contributed by atoms with Crippen molar-refractivity contribution < 1.29 is 4.79 Å². The normalized spacial score (nSPS) is 32.6. The maximum absolute atomic E-state index is 10.2. The van der Waals surface area contributed by atoms with Crippen LogP contribution in [0.3, 0.4) is 0 Å². The van der Waals surface area contributed by atoms with Gasteiger partial charge in [0.25, 0.3) is 0 Å². The lowest BCUT2D eigenvalue weighted by Crippen LogP contribution is -2.03. The first-order valence-corrected chi connectivity index (χ1v) is 4.19. The average Bonchev–Trinajstić information content (AvgIpc) is 2.07. The van der Waals surface area contributed by atoms with Crippen LogP contribution in [-0.2, 0) is 4.79 Å². The molecular formula is C10H16O. The summed E-state index contributed by atoms with van der Waals surface area (Å²) < 4.78 is 0. The quantitative estimate of drug-likeness (QED) is 0.417. The highest BCUT2D eigenvalue weighted by Crippen LogP contribution is 2.43. The Hall–Kier alpha value is -0.590. The third-order valence-corrected chi connectivity index (χ3v) is 2.46. The van der Waals surface area contributed by atoms with E-state index in [2.05, 4.69) is 20.8 Å². The average molecular weight is 152 g/mol. The second-order valence-electron chi connectivity index (χ2n) is 4.32. The zero-order valence-electron chi connectivity index (χ0n) is 7.55. The molecule has 0 aromatic carbocycles. The third-order valence-electron chi connectivity index (χ3n) is 2.46. The summed E-state index contributed by atoms with van der Waals surface area (Å²) in [4.78, 5) is 10.2. The molecule has 1 unspecified atom stereocenters. The van der Waals surface area contributed by atoms with Crippen LogP contribution in [-0.4, -0.2) is 6.29 Å². The Morgan fingerprint density at radius 2 is 2.18 bits per heavy atom. The molecule has 0 bridgehead atoms. The molecule has 0 amide bonds. The van der Waals surface area contributed by atoms with E-state index in [9.17, 15) is 4.79 Å². The SMILES string of the molecule is CC1CC(C)(C)C/C1=C/C=O. The molecule has 0 saturated heterocycles. The Morgan fingerprint density at radius 3 is 2.55 bits per heavy atom. The summed E-state index contributed by atoms with van der Waals surface area (Å²) >= 11 is 0. The van der Waals surface area contributed by atoms with E-state index in [1.54, 1.807) is 6.08 Å². The van der Waals surface area contributed by atoms with Crippen molar-refractivity contribution in [2.75, 3.05) is 0 Å². The third kappa shape index (κ3) is 1.92. The molecule has 1 fully saturated rings. The van der Waals surface area contributed by atoms with Gasteiger partial charge in [0.1, 0.15) is 6.29 Å². The molecule has 1 rings (SSSR count). The molecule has 1 saturated carbocycles. The number of allylic oxidation sites excluding steroid dienone is 2. The van der Waals surface area contributed by atoms with Crippen molar-refractivity contribution in [1.82, 2.24) is 0 Å². The van der Waals surface area contributed by atoms with Gasteiger partial charge in [0.15, 0.2) is 0 Å². The molecule has 1 nitrogen and oxygen atoms in total. The highest BCUT2D eigenvalue weighted by Gasteiger charge is 2.31. The number of rotatable bonds is 1. The van der Waals surface area contributed by atoms with E-state index in [0.717, 1.165) is 12.7 Å². The molecule has 0 heterocycles. The van der Waals surface area contributed by atoms with Crippen molar-refractivity contribution >= 4 is 6.29 Å². The van der Waals surface area contributed by atoms with Gasteiger partial charge in [-0.05, 0) is 30.3 Å². The maximum Gasteiger partial charge on any atom is 0.142 e. The molecule has 1 heteroatoms. The largest absolute Gasteiger partial charge is 0.299 e. The van der Waals surface area contributed by atoms with Crippen molar-refractivity contribution in [1.29, 1.82) is 0 Å².